The van der Waals surface area contributed by atoms with E-state index in [2.05, 4.69) is 20.1 Å². The summed E-state index contributed by atoms with van der Waals surface area (Å²) in [7, 11) is 0. The van der Waals surface area contributed by atoms with Crippen LogP contribution in [0.15, 0.2) is 49.6 Å². The molecule has 3 unspecified atom stereocenters. The molecule has 0 aromatic heterocycles. The molecule has 1 N–H and O–H groups in total. The van der Waals surface area contributed by atoms with Crippen LogP contribution in [0.2, 0.25) is 0 Å². The molecule has 3 aliphatic rings. The van der Waals surface area contributed by atoms with Crippen LogP contribution >= 0.6 is 11.8 Å². The second-order valence-electron chi connectivity index (χ2n) is 13.5. The first-order valence-corrected chi connectivity index (χ1v) is 16.9. The fourth-order valence-electron chi connectivity index (χ4n) is 7.68. The summed E-state index contributed by atoms with van der Waals surface area (Å²) in [6, 6.07) is 6.08. The summed E-state index contributed by atoms with van der Waals surface area (Å²) in [5.74, 6) is -1.04. The molecule has 44 heavy (non-hydrogen) atoms. The number of carbonyl (C=O) groups is 3. The van der Waals surface area contributed by atoms with E-state index in [9.17, 15) is 19.5 Å². The van der Waals surface area contributed by atoms with Crippen molar-refractivity contribution < 1.29 is 24.2 Å². The third kappa shape index (κ3) is 5.59. The number of hydrogen-bond donors (Lipinski definition) is 1. The van der Waals surface area contributed by atoms with Crippen LogP contribution < -0.4 is 9.64 Å². The normalized spacial score (nSPS) is 28.8. The molecule has 1 aromatic carbocycles. The van der Waals surface area contributed by atoms with Gasteiger partial charge < -0.3 is 24.5 Å². The predicted octanol–water partition coefficient (Wildman–Crippen LogP) is 5.16. The molecule has 0 saturated carbocycles. The Balaban J connectivity index is 1.84. The van der Waals surface area contributed by atoms with E-state index in [-0.39, 0.29) is 41.4 Å². The molecule has 3 fully saturated rings. The summed E-state index contributed by atoms with van der Waals surface area (Å²) in [6.45, 7) is 22.8. The summed E-state index contributed by atoms with van der Waals surface area (Å²) in [5, 5.41) is 10.6. The third-order valence-corrected chi connectivity index (χ3v) is 12.0. The zero-order chi connectivity index (χ0) is 32.6. The van der Waals surface area contributed by atoms with Gasteiger partial charge in [-0.1, -0.05) is 39.3 Å². The molecule has 8 nitrogen and oxygen atoms in total. The number of benzene rings is 1. The minimum absolute atomic E-state index is 0.0228. The Hall–Kier alpha value is -2.78. The Labute approximate surface area is 267 Å². The standard InChI is InChI=1S/C35H51N3O5S/c1-10-18-36(24-14-16-25(17-15-24)43-13-4)31(40)28-27-20-23(6)35(44-27)29(28)32(41)38(26(21-39)22(5)12-3)30(35)33(42)37(19-11-2)34(7,8)9/h10-11,14-17,22-23,26-30,39H,1-2,12-13,18-21H2,3-9H3/t22-,23?,26-,27-,28+,29-,30?,35?/m0/s1. The highest BCUT2D eigenvalue weighted by Crippen LogP contribution is 2.69. The Morgan fingerprint density at radius 3 is 2.32 bits per heavy atom. The van der Waals surface area contributed by atoms with Gasteiger partial charge in [0.2, 0.25) is 17.7 Å². The van der Waals surface area contributed by atoms with E-state index >= 15 is 0 Å². The van der Waals surface area contributed by atoms with Crippen LogP contribution in [0.4, 0.5) is 5.69 Å². The molecule has 1 aromatic rings. The average Bonchev–Trinajstić information content (AvgIpc) is 3.58. The van der Waals surface area contributed by atoms with E-state index in [0.717, 1.165) is 18.6 Å². The first-order valence-electron chi connectivity index (χ1n) is 16.0. The van der Waals surface area contributed by atoms with Gasteiger partial charge in [0.05, 0.1) is 35.8 Å². The maximum atomic E-state index is 14.8. The fourth-order valence-corrected chi connectivity index (χ4v) is 10.1. The van der Waals surface area contributed by atoms with Gasteiger partial charge in [0.15, 0.2) is 0 Å². The van der Waals surface area contributed by atoms with Gasteiger partial charge in [0.1, 0.15) is 11.8 Å². The first kappa shape index (κ1) is 34.1. The van der Waals surface area contributed by atoms with Crippen molar-refractivity contribution in [2.24, 2.45) is 23.7 Å². The molecule has 1 spiro atoms. The molecule has 0 aliphatic carbocycles. The Morgan fingerprint density at radius 1 is 1.16 bits per heavy atom. The first-order chi connectivity index (χ1) is 20.8. The van der Waals surface area contributed by atoms with Crippen LogP contribution in [0.1, 0.15) is 61.3 Å². The number of fused-ring (bicyclic) bond motifs is 1. The average molecular weight is 626 g/mol. The van der Waals surface area contributed by atoms with Gasteiger partial charge in [0, 0.05) is 29.6 Å². The smallest absolute Gasteiger partial charge is 0.247 e. The van der Waals surface area contributed by atoms with Crippen molar-refractivity contribution in [3.63, 3.8) is 0 Å². The van der Waals surface area contributed by atoms with Gasteiger partial charge in [-0.3, -0.25) is 14.4 Å². The largest absolute Gasteiger partial charge is 0.494 e. The molecule has 9 heteroatoms. The van der Waals surface area contributed by atoms with Crippen molar-refractivity contribution in [1.82, 2.24) is 9.80 Å². The lowest BCUT2D eigenvalue weighted by atomic mass is 9.65. The lowest BCUT2D eigenvalue weighted by Gasteiger charge is -2.45. The van der Waals surface area contributed by atoms with Crippen molar-refractivity contribution in [3.05, 3.63) is 49.6 Å². The van der Waals surface area contributed by atoms with Crippen LogP contribution in [0.5, 0.6) is 5.75 Å². The summed E-state index contributed by atoms with van der Waals surface area (Å²) in [6.07, 6.45) is 4.89. The van der Waals surface area contributed by atoms with Crippen LogP contribution in [0.3, 0.4) is 0 Å². The molecule has 4 rings (SSSR count). The highest BCUT2D eigenvalue weighted by atomic mass is 32.2. The van der Waals surface area contributed by atoms with Crippen molar-refractivity contribution in [2.75, 3.05) is 31.2 Å². The number of nitrogens with zero attached hydrogens (tertiary/aromatic N) is 3. The number of likely N-dealkylation sites (tertiary alicyclic amines) is 1. The van der Waals surface area contributed by atoms with Crippen molar-refractivity contribution in [1.29, 1.82) is 0 Å². The lowest BCUT2D eigenvalue weighted by Crippen LogP contribution is -2.62. The highest BCUT2D eigenvalue weighted by Gasteiger charge is 2.77. The molecule has 3 saturated heterocycles. The lowest BCUT2D eigenvalue weighted by molar-refractivity contribution is -0.149. The minimum atomic E-state index is -0.800. The maximum Gasteiger partial charge on any atom is 0.247 e. The van der Waals surface area contributed by atoms with Gasteiger partial charge >= 0.3 is 0 Å². The number of amides is 3. The SMILES string of the molecule is C=CCN(C(=O)[C@@H]1[C@@H]2CC(C)C3(S2)C(C(=O)N(CC=C)C(C)(C)C)N([C@@H](CO)[C@@H](C)CC)C(=O)[C@H]13)c1ccc(OCC)cc1. The van der Waals surface area contributed by atoms with Gasteiger partial charge in [-0.2, -0.15) is 0 Å². The summed E-state index contributed by atoms with van der Waals surface area (Å²) < 4.78 is 4.82. The van der Waals surface area contributed by atoms with Gasteiger partial charge in [0.25, 0.3) is 0 Å². The number of aliphatic hydroxyl groups is 1. The van der Waals surface area contributed by atoms with E-state index < -0.39 is 34.2 Å². The zero-order valence-electron chi connectivity index (χ0n) is 27.5. The molecule has 3 heterocycles. The van der Waals surface area contributed by atoms with E-state index in [1.54, 1.807) is 38.6 Å². The van der Waals surface area contributed by atoms with Crippen molar-refractivity contribution in [3.8, 4) is 5.75 Å². The van der Waals surface area contributed by atoms with Crippen LogP contribution in [-0.2, 0) is 14.4 Å². The second-order valence-corrected chi connectivity index (χ2v) is 15.1. The third-order valence-electron chi connectivity index (χ3n) is 9.97. The Morgan fingerprint density at radius 2 is 1.80 bits per heavy atom. The molecular formula is C35H51N3O5S. The summed E-state index contributed by atoms with van der Waals surface area (Å²) in [5.41, 5.74) is 0.189. The number of anilines is 1. The van der Waals surface area contributed by atoms with Gasteiger partial charge in [-0.25, -0.2) is 0 Å². The van der Waals surface area contributed by atoms with Crippen molar-refractivity contribution in [2.45, 2.75) is 88.9 Å². The van der Waals surface area contributed by atoms with Crippen LogP contribution in [-0.4, -0.2) is 86.6 Å². The maximum absolute atomic E-state index is 14.8. The molecule has 242 valence electrons. The quantitative estimate of drug-likeness (QED) is 0.305. The Bertz CT molecular complexity index is 1250. The molecule has 3 aliphatic heterocycles. The molecular weight excluding hydrogens is 574 g/mol. The zero-order valence-corrected chi connectivity index (χ0v) is 28.3. The second kappa shape index (κ2) is 13.3. The number of aliphatic hydroxyl groups excluding tert-OH is 1. The van der Waals surface area contributed by atoms with Crippen LogP contribution in [0, 0.1) is 23.7 Å². The number of ether oxygens (including phenoxy) is 1. The monoisotopic (exact) mass is 625 g/mol. The molecule has 0 radical (unpaired) electrons. The number of carbonyl (C=O) groups excluding carboxylic acids is 3. The summed E-state index contributed by atoms with van der Waals surface area (Å²) in [4.78, 5) is 49.5. The topological polar surface area (TPSA) is 90.4 Å². The summed E-state index contributed by atoms with van der Waals surface area (Å²) >= 11 is 1.66. The van der Waals surface area contributed by atoms with E-state index in [0.29, 0.717) is 25.4 Å². The molecule has 3 amide bonds. The number of thioether (sulfide) groups is 1. The van der Waals surface area contributed by atoms with Crippen molar-refractivity contribution >= 4 is 35.2 Å². The molecule has 2 bridgehead atoms. The minimum Gasteiger partial charge on any atom is -0.494 e. The number of hydrogen-bond acceptors (Lipinski definition) is 6. The number of rotatable bonds is 13. The van der Waals surface area contributed by atoms with Gasteiger partial charge in [-0.15, -0.1) is 24.9 Å². The fraction of sp³-hybridized carbons (Fsp3) is 0.629. The van der Waals surface area contributed by atoms with Crippen LogP contribution in [0.25, 0.3) is 0 Å². The van der Waals surface area contributed by atoms with Gasteiger partial charge in [-0.05, 0) is 70.2 Å². The predicted molar refractivity (Wildman–Crippen MR) is 178 cm³/mol. The highest BCUT2D eigenvalue weighted by molar-refractivity contribution is 8.02. The molecule has 8 atom stereocenters. The Kier molecular flexibility index (Phi) is 10.3. The van der Waals surface area contributed by atoms with E-state index in [1.165, 1.54) is 0 Å². The van der Waals surface area contributed by atoms with E-state index in [1.807, 2.05) is 65.8 Å². The van der Waals surface area contributed by atoms with E-state index in [4.69, 9.17) is 4.74 Å².